The Bertz CT molecular complexity index is 206. The van der Waals surface area contributed by atoms with Crippen molar-refractivity contribution in [2.24, 2.45) is 17.6 Å². The van der Waals surface area contributed by atoms with Crippen LogP contribution in [0.1, 0.15) is 20.3 Å². The molecule has 1 aliphatic rings. The van der Waals surface area contributed by atoms with Crippen molar-refractivity contribution in [3.63, 3.8) is 0 Å². The molecule has 0 radical (unpaired) electrons. The minimum absolute atomic E-state index is 0.0442. The Balaban J connectivity index is 2.16. The zero-order valence-electron chi connectivity index (χ0n) is 9.83. The first-order valence-corrected chi connectivity index (χ1v) is 5.81. The first-order valence-electron chi connectivity index (χ1n) is 5.81. The van der Waals surface area contributed by atoms with Gasteiger partial charge in [-0.25, -0.2) is 0 Å². The normalized spacial score (nSPS) is 22.3. The van der Waals surface area contributed by atoms with E-state index in [-0.39, 0.29) is 12.5 Å². The van der Waals surface area contributed by atoms with Crippen molar-refractivity contribution in [1.29, 1.82) is 0 Å². The van der Waals surface area contributed by atoms with Gasteiger partial charge in [0.05, 0.1) is 6.54 Å². The monoisotopic (exact) mass is 213 g/mol. The minimum Gasteiger partial charge on any atom is -0.355 e. The SMILES string of the molecule is CC(C)CN1CCC(CNC(=O)CN)C1. The Kier molecular flexibility index (Phi) is 5.05. The molecular formula is C11H23N3O. The highest BCUT2D eigenvalue weighted by Crippen LogP contribution is 2.16. The van der Waals surface area contributed by atoms with Crippen LogP contribution in [0, 0.1) is 11.8 Å². The summed E-state index contributed by atoms with van der Waals surface area (Å²) < 4.78 is 0. The largest absolute Gasteiger partial charge is 0.355 e. The topological polar surface area (TPSA) is 58.4 Å². The number of carbonyl (C=O) groups is 1. The molecule has 0 bridgehead atoms. The van der Waals surface area contributed by atoms with Crippen LogP contribution in [0.25, 0.3) is 0 Å². The third-order valence-corrected chi connectivity index (χ3v) is 2.77. The lowest BCUT2D eigenvalue weighted by Gasteiger charge is -2.18. The predicted octanol–water partition coefficient (Wildman–Crippen LogP) is 0.0392. The molecule has 3 N–H and O–H groups in total. The molecule has 88 valence electrons. The third-order valence-electron chi connectivity index (χ3n) is 2.77. The van der Waals surface area contributed by atoms with E-state index in [9.17, 15) is 4.79 Å². The molecule has 0 aliphatic carbocycles. The smallest absolute Gasteiger partial charge is 0.233 e. The van der Waals surface area contributed by atoms with Crippen molar-refractivity contribution in [3.05, 3.63) is 0 Å². The molecule has 1 fully saturated rings. The Morgan fingerprint density at radius 3 is 2.93 bits per heavy atom. The maximum Gasteiger partial charge on any atom is 0.233 e. The fourth-order valence-electron chi connectivity index (χ4n) is 2.09. The van der Waals surface area contributed by atoms with Gasteiger partial charge in [0.25, 0.3) is 0 Å². The van der Waals surface area contributed by atoms with Crippen LogP contribution in [0.3, 0.4) is 0 Å². The van der Waals surface area contributed by atoms with Crippen molar-refractivity contribution in [1.82, 2.24) is 10.2 Å². The summed E-state index contributed by atoms with van der Waals surface area (Å²) in [4.78, 5) is 13.5. The standard InChI is InChI=1S/C11H23N3O/c1-9(2)7-14-4-3-10(8-14)6-13-11(15)5-12/h9-10H,3-8,12H2,1-2H3,(H,13,15). The van der Waals surface area contributed by atoms with Gasteiger partial charge in [0.2, 0.25) is 5.91 Å². The van der Waals surface area contributed by atoms with Gasteiger partial charge in [0.1, 0.15) is 0 Å². The van der Waals surface area contributed by atoms with E-state index >= 15 is 0 Å². The summed E-state index contributed by atoms with van der Waals surface area (Å²) in [5.41, 5.74) is 5.23. The van der Waals surface area contributed by atoms with E-state index in [4.69, 9.17) is 5.73 Å². The van der Waals surface area contributed by atoms with E-state index in [0.29, 0.717) is 5.92 Å². The zero-order valence-corrected chi connectivity index (χ0v) is 9.83. The first kappa shape index (κ1) is 12.5. The summed E-state index contributed by atoms with van der Waals surface area (Å²) in [6.07, 6.45) is 1.19. The molecule has 0 aromatic rings. The highest BCUT2D eigenvalue weighted by atomic mass is 16.1. The van der Waals surface area contributed by atoms with Crippen LogP contribution in [-0.4, -0.2) is 43.5 Å². The number of carbonyl (C=O) groups excluding carboxylic acids is 1. The second kappa shape index (κ2) is 6.08. The van der Waals surface area contributed by atoms with Crippen LogP contribution in [0.2, 0.25) is 0 Å². The predicted molar refractivity (Wildman–Crippen MR) is 61.4 cm³/mol. The summed E-state index contributed by atoms with van der Waals surface area (Å²) in [6, 6.07) is 0. The van der Waals surface area contributed by atoms with Crippen molar-refractivity contribution in [3.8, 4) is 0 Å². The lowest BCUT2D eigenvalue weighted by atomic mass is 10.1. The number of hydrogen-bond acceptors (Lipinski definition) is 3. The zero-order chi connectivity index (χ0) is 11.3. The molecule has 0 aromatic carbocycles. The molecule has 0 aromatic heterocycles. The summed E-state index contributed by atoms with van der Waals surface area (Å²) in [5.74, 6) is 1.29. The summed E-state index contributed by atoms with van der Waals surface area (Å²) in [7, 11) is 0. The number of hydrogen-bond donors (Lipinski definition) is 2. The second-order valence-corrected chi connectivity index (χ2v) is 4.82. The van der Waals surface area contributed by atoms with Gasteiger partial charge in [-0.05, 0) is 24.8 Å². The average Bonchev–Trinajstić information content (AvgIpc) is 2.61. The molecule has 0 spiro atoms. The van der Waals surface area contributed by atoms with Gasteiger partial charge in [0.15, 0.2) is 0 Å². The van der Waals surface area contributed by atoms with Gasteiger partial charge in [0, 0.05) is 19.6 Å². The van der Waals surface area contributed by atoms with E-state index in [2.05, 4.69) is 24.1 Å². The van der Waals surface area contributed by atoms with Gasteiger partial charge in [-0.2, -0.15) is 0 Å². The molecule has 1 saturated heterocycles. The van der Waals surface area contributed by atoms with Crippen molar-refractivity contribution in [2.45, 2.75) is 20.3 Å². The van der Waals surface area contributed by atoms with E-state index in [1.54, 1.807) is 0 Å². The molecule has 15 heavy (non-hydrogen) atoms. The quantitative estimate of drug-likeness (QED) is 0.678. The summed E-state index contributed by atoms with van der Waals surface area (Å²) in [6.45, 7) is 8.81. The van der Waals surface area contributed by atoms with E-state index < -0.39 is 0 Å². The van der Waals surface area contributed by atoms with Crippen molar-refractivity contribution in [2.75, 3.05) is 32.7 Å². The van der Waals surface area contributed by atoms with Crippen LogP contribution in [-0.2, 0) is 4.79 Å². The molecule has 1 unspecified atom stereocenters. The minimum atomic E-state index is -0.0442. The van der Waals surface area contributed by atoms with Crippen LogP contribution >= 0.6 is 0 Å². The average molecular weight is 213 g/mol. The lowest BCUT2D eigenvalue weighted by Crippen LogP contribution is -2.35. The maximum atomic E-state index is 11.0. The third kappa shape index (κ3) is 4.62. The highest BCUT2D eigenvalue weighted by Gasteiger charge is 2.22. The fourth-order valence-corrected chi connectivity index (χ4v) is 2.09. The Hall–Kier alpha value is -0.610. The molecule has 1 rings (SSSR count). The number of likely N-dealkylation sites (tertiary alicyclic amines) is 1. The Labute approximate surface area is 92.2 Å². The van der Waals surface area contributed by atoms with Gasteiger partial charge in [-0.1, -0.05) is 13.8 Å². The van der Waals surface area contributed by atoms with Crippen molar-refractivity contribution >= 4 is 5.91 Å². The van der Waals surface area contributed by atoms with Gasteiger partial charge >= 0.3 is 0 Å². The van der Waals surface area contributed by atoms with Crippen LogP contribution in [0.4, 0.5) is 0 Å². The van der Waals surface area contributed by atoms with E-state index in [1.807, 2.05) is 0 Å². The second-order valence-electron chi connectivity index (χ2n) is 4.82. The van der Waals surface area contributed by atoms with Crippen LogP contribution < -0.4 is 11.1 Å². The first-order chi connectivity index (χ1) is 7.11. The van der Waals surface area contributed by atoms with E-state index in [0.717, 1.165) is 19.0 Å². The lowest BCUT2D eigenvalue weighted by molar-refractivity contribution is -0.119. The Morgan fingerprint density at radius 2 is 2.33 bits per heavy atom. The number of nitrogens with two attached hydrogens (primary N) is 1. The van der Waals surface area contributed by atoms with Crippen LogP contribution in [0.15, 0.2) is 0 Å². The number of amides is 1. The van der Waals surface area contributed by atoms with E-state index in [1.165, 1.54) is 19.5 Å². The number of nitrogens with zero attached hydrogens (tertiary/aromatic N) is 1. The number of rotatable bonds is 5. The molecule has 1 aliphatic heterocycles. The highest BCUT2D eigenvalue weighted by molar-refractivity contribution is 5.77. The van der Waals surface area contributed by atoms with Gasteiger partial charge in [-0.3, -0.25) is 4.79 Å². The molecule has 1 amide bonds. The fraction of sp³-hybridized carbons (Fsp3) is 0.909. The Morgan fingerprint density at radius 1 is 1.60 bits per heavy atom. The molecule has 1 atom stereocenters. The van der Waals surface area contributed by atoms with Crippen molar-refractivity contribution < 1.29 is 4.79 Å². The summed E-state index contributed by atoms with van der Waals surface area (Å²) in [5, 5.41) is 2.86. The van der Waals surface area contributed by atoms with Gasteiger partial charge < -0.3 is 16.0 Å². The summed E-state index contributed by atoms with van der Waals surface area (Å²) >= 11 is 0. The molecular weight excluding hydrogens is 190 g/mol. The molecule has 4 heteroatoms. The number of nitrogens with one attached hydrogen (secondary N) is 1. The van der Waals surface area contributed by atoms with Crippen LogP contribution in [0.5, 0.6) is 0 Å². The molecule has 4 nitrogen and oxygen atoms in total. The molecule has 0 saturated carbocycles. The molecule has 1 heterocycles. The maximum absolute atomic E-state index is 11.0. The van der Waals surface area contributed by atoms with Gasteiger partial charge in [-0.15, -0.1) is 0 Å².